The monoisotopic (exact) mass is 479 g/mol. The lowest BCUT2D eigenvalue weighted by Gasteiger charge is -2.25. The van der Waals surface area contributed by atoms with Gasteiger partial charge in [0, 0.05) is 25.6 Å². The quantitative estimate of drug-likeness (QED) is 0.231. The van der Waals surface area contributed by atoms with E-state index >= 15 is 0 Å². The standard InChI is InChI=1S/C28H33NO6/c1-4-5-6-14-34-22-10-7-19(8-11-22)25-24(27(31)28(32)29(25)13-15-33-3)26(30)20-9-12-23-21(17-20)16-18(2)35-23/h7-12,17-18,25,30H,4-6,13-16H2,1-3H3/t18-,25+/m1/s1. The van der Waals surface area contributed by atoms with Crippen molar-refractivity contribution in [2.75, 3.05) is 26.9 Å². The first-order valence-corrected chi connectivity index (χ1v) is 12.2. The van der Waals surface area contributed by atoms with Crippen molar-refractivity contribution in [3.8, 4) is 11.5 Å². The molecule has 1 fully saturated rings. The number of hydrogen-bond acceptors (Lipinski definition) is 6. The van der Waals surface area contributed by atoms with Crippen molar-refractivity contribution >= 4 is 17.4 Å². The normalized spacial score (nSPS) is 20.7. The third-order valence-electron chi connectivity index (χ3n) is 6.46. The van der Waals surface area contributed by atoms with E-state index in [1.54, 1.807) is 19.2 Å². The lowest BCUT2D eigenvalue weighted by atomic mass is 9.94. The minimum atomic E-state index is -0.720. The number of likely N-dealkylation sites (tertiary alicyclic amines) is 1. The summed E-state index contributed by atoms with van der Waals surface area (Å²) in [5.74, 6) is -0.0251. The number of unbranched alkanes of at least 4 members (excludes halogenated alkanes) is 2. The number of carbonyl (C=O) groups is 2. The van der Waals surface area contributed by atoms with Gasteiger partial charge in [0.1, 0.15) is 23.4 Å². The minimum absolute atomic E-state index is 0.0599. The third-order valence-corrected chi connectivity index (χ3v) is 6.46. The van der Waals surface area contributed by atoms with Crippen molar-refractivity contribution in [3.05, 3.63) is 64.7 Å². The van der Waals surface area contributed by atoms with Gasteiger partial charge in [-0.2, -0.15) is 0 Å². The lowest BCUT2D eigenvalue weighted by molar-refractivity contribution is -0.140. The number of hydrogen-bond donors (Lipinski definition) is 1. The Balaban J connectivity index is 1.69. The maximum atomic E-state index is 13.1. The summed E-state index contributed by atoms with van der Waals surface area (Å²) >= 11 is 0. The average Bonchev–Trinajstić information content (AvgIpc) is 3.36. The number of ketones is 1. The molecule has 0 spiro atoms. The minimum Gasteiger partial charge on any atom is -0.507 e. The number of benzene rings is 2. The second-order valence-corrected chi connectivity index (χ2v) is 9.06. The highest BCUT2D eigenvalue weighted by Crippen LogP contribution is 2.40. The van der Waals surface area contributed by atoms with Crippen LogP contribution in [0.1, 0.15) is 55.8 Å². The van der Waals surface area contributed by atoms with E-state index < -0.39 is 17.7 Å². The van der Waals surface area contributed by atoms with Crippen LogP contribution in [-0.2, 0) is 20.7 Å². The van der Waals surface area contributed by atoms with Crippen LogP contribution in [0.4, 0.5) is 0 Å². The number of methoxy groups -OCH3 is 1. The number of aliphatic hydroxyl groups excluding tert-OH is 1. The highest BCUT2D eigenvalue weighted by Gasteiger charge is 2.46. The van der Waals surface area contributed by atoms with Crippen molar-refractivity contribution in [3.63, 3.8) is 0 Å². The van der Waals surface area contributed by atoms with Crippen LogP contribution in [0.15, 0.2) is 48.0 Å². The molecule has 35 heavy (non-hydrogen) atoms. The molecule has 4 rings (SSSR count). The Morgan fingerprint density at radius 2 is 1.89 bits per heavy atom. The maximum Gasteiger partial charge on any atom is 0.295 e. The van der Waals surface area contributed by atoms with Crippen molar-refractivity contribution in [2.45, 2.75) is 51.7 Å². The van der Waals surface area contributed by atoms with Crippen molar-refractivity contribution in [1.82, 2.24) is 4.90 Å². The van der Waals surface area contributed by atoms with Crippen LogP contribution >= 0.6 is 0 Å². The molecule has 0 unspecified atom stereocenters. The molecule has 0 aromatic heterocycles. The number of fused-ring (bicyclic) bond motifs is 1. The Bertz CT molecular complexity index is 1110. The number of carbonyl (C=O) groups excluding carboxylic acids is 2. The highest BCUT2D eigenvalue weighted by molar-refractivity contribution is 6.46. The van der Waals surface area contributed by atoms with Gasteiger partial charge in [0.15, 0.2) is 0 Å². The highest BCUT2D eigenvalue weighted by atomic mass is 16.5. The van der Waals surface area contributed by atoms with Crippen LogP contribution < -0.4 is 9.47 Å². The Morgan fingerprint density at radius 3 is 2.60 bits per heavy atom. The van der Waals surface area contributed by atoms with Gasteiger partial charge < -0.3 is 24.2 Å². The SMILES string of the molecule is CCCCCOc1ccc([C@H]2C(=C(O)c3ccc4c(c3)C[C@@H](C)O4)C(=O)C(=O)N2CCOC)cc1. The predicted molar refractivity (Wildman–Crippen MR) is 133 cm³/mol. The third kappa shape index (κ3) is 5.20. The fourth-order valence-corrected chi connectivity index (χ4v) is 4.66. The Labute approximate surface area is 206 Å². The molecule has 186 valence electrons. The van der Waals surface area contributed by atoms with Crippen molar-refractivity contribution < 1.29 is 28.9 Å². The van der Waals surface area contributed by atoms with Crippen LogP contribution in [0.25, 0.3) is 5.76 Å². The molecule has 1 N–H and O–H groups in total. The van der Waals surface area contributed by atoms with Crippen molar-refractivity contribution in [1.29, 1.82) is 0 Å². The smallest absolute Gasteiger partial charge is 0.295 e. The summed E-state index contributed by atoms with van der Waals surface area (Å²) in [5.41, 5.74) is 2.26. The molecule has 0 bridgehead atoms. The zero-order valence-corrected chi connectivity index (χ0v) is 20.6. The summed E-state index contributed by atoms with van der Waals surface area (Å²) in [7, 11) is 1.55. The Hall–Kier alpha value is -3.32. The van der Waals surface area contributed by atoms with E-state index in [2.05, 4.69) is 6.92 Å². The number of rotatable bonds is 10. The van der Waals surface area contributed by atoms with Gasteiger partial charge in [-0.1, -0.05) is 31.9 Å². The first-order valence-electron chi connectivity index (χ1n) is 12.2. The summed E-state index contributed by atoms with van der Waals surface area (Å²) in [4.78, 5) is 27.6. The topological polar surface area (TPSA) is 85.3 Å². The van der Waals surface area contributed by atoms with Crippen molar-refractivity contribution in [2.24, 2.45) is 0 Å². The molecular weight excluding hydrogens is 446 g/mol. The van der Waals surface area contributed by atoms with Gasteiger partial charge >= 0.3 is 0 Å². The van der Waals surface area contributed by atoms with E-state index in [9.17, 15) is 14.7 Å². The van der Waals surface area contributed by atoms with Gasteiger partial charge in [0.2, 0.25) is 0 Å². The maximum absolute atomic E-state index is 13.1. The van der Waals surface area contributed by atoms with Gasteiger partial charge in [-0.05, 0) is 54.8 Å². The number of amides is 1. The molecule has 1 amide bonds. The number of nitrogens with zero attached hydrogens (tertiary/aromatic N) is 1. The molecule has 0 aliphatic carbocycles. The summed E-state index contributed by atoms with van der Waals surface area (Å²) in [5, 5.41) is 11.3. The fourth-order valence-electron chi connectivity index (χ4n) is 4.66. The molecule has 1 saturated heterocycles. The molecule has 7 nitrogen and oxygen atoms in total. The molecule has 7 heteroatoms. The largest absolute Gasteiger partial charge is 0.507 e. The van der Waals surface area contributed by atoms with E-state index in [1.807, 2.05) is 37.3 Å². The molecule has 0 saturated carbocycles. The molecule has 2 aromatic carbocycles. The number of Topliss-reactive ketones (excluding diaryl/α,β-unsaturated/α-hetero) is 1. The number of ether oxygens (including phenoxy) is 3. The summed E-state index contributed by atoms with van der Waals surface area (Å²) < 4.78 is 16.7. The predicted octanol–water partition coefficient (Wildman–Crippen LogP) is 4.65. The van der Waals surface area contributed by atoms with Gasteiger partial charge in [-0.25, -0.2) is 0 Å². The van der Waals surface area contributed by atoms with E-state index in [-0.39, 0.29) is 30.6 Å². The molecule has 2 atom stereocenters. The molecule has 2 heterocycles. The van der Waals surface area contributed by atoms with E-state index in [0.717, 1.165) is 48.3 Å². The first kappa shape index (κ1) is 24.8. The fraction of sp³-hybridized carbons (Fsp3) is 0.429. The van der Waals surface area contributed by atoms with Gasteiger partial charge in [-0.15, -0.1) is 0 Å². The lowest BCUT2D eigenvalue weighted by Crippen LogP contribution is -2.32. The Morgan fingerprint density at radius 1 is 1.11 bits per heavy atom. The molecule has 0 radical (unpaired) electrons. The van der Waals surface area contributed by atoms with Gasteiger partial charge in [0.05, 0.1) is 24.8 Å². The molecule has 2 aliphatic heterocycles. The van der Waals surface area contributed by atoms with E-state index in [0.29, 0.717) is 12.2 Å². The summed E-state index contributed by atoms with van der Waals surface area (Å²) in [6.07, 6.45) is 4.00. The van der Waals surface area contributed by atoms with Crippen LogP contribution in [0.3, 0.4) is 0 Å². The van der Waals surface area contributed by atoms with Crippen LogP contribution in [-0.4, -0.2) is 54.7 Å². The molecular formula is C28H33NO6. The van der Waals surface area contributed by atoms with Crippen LogP contribution in [0, 0.1) is 0 Å². The Kier molecular flexibility index (Phi) is 7.76. The van der Waals surface area contributed by atoms with Gasteiger partial charge in [0.25, 0.3) is 11.7 Å². The zero-order chi connectivity index (χ0) is 24.9. The molecule has 2 aliphatic rings. The first-order chi connectivity index (χ1) is 16.9. The van der Waals surface area contributed by atoms with E-state index in [1.165, 1.54) is 4.90 Å². The number of aliphatic hydroxyl groups is 1. The zero-order valence-electron chi connectivity index (χ0n) is 20.6. The van der Waals surface area contributed by atoms with Crippen LogP contribution in [0.2, 0.25) is 0 Å². The second kappa shape index (κ2) is 11.0. The summed E-state index contributed by atoms with van der Waals surface area (Å²) in [6, 6.07) is 12.0. The van der Waals surface area contributed by atoms with Gasteiger partial charge in [-0.3, -0.25) is 9.59 Å². The van der Waals surface area contributed by atoms with E-state index in [4.69, 9.17) is 14.2 Å². The average molecular weight is 480 g/mol. The van der Waals surface area contributed by atoms with Crippen LogP contribution in [0.5, 0.6) is 11.5 Å². The summed E-state index contributed by atoms with van der Waals surface area (Å²) in [6.45, 7) is 5.27. The molecule has 2 aromatic rings. The second-order valence-electron chi connectivity index (χ2n) is 9.06.